The van der Waals surface area contributed by atoms with Crippen LogP contribution in [0.5, 0.6) is 0 Å². The molecule has 25 aromatic carbocycles. The van der Waals surface area contributed by atoms with Crippen molar-refractivity contribution in [2.24, 2.45) is 0 Å². The molecular formula is C141H94O6. The van der Waals surface area contributed by atoms with Gasteiger partial charge in [-0.15, -0.1) is 0 Å². The van der Waals surface area contributed by atoms with Crippen LogP contribution in [-0.2, 0) is 0 Å². The fourth-order valence-corrected chi connectivity index (χ4v) is 23.3. The molecule has 0 unspecified atom stereocenters. The molecule has 0 amide bonds. The number of hydrogen-bond donors (Lipinski definition) is 0. The summed E-state index contributed by atoms with van der Waals surface area (Å²) in [6.07, 6.45) is 0. The van der Waals surface area contributed by atoms with E-state index in [9.17, 15) is 0 Å². The smallest absolute Gasteiger partial charge is 0.143 e. The van der Waals surface area contributed by atoms with E-state index < -0.39 is 0 Å². The van der Waals surface area contributed by atoms with Crippen LogP contribution in [-0.4, -0.2) is 0 Å². The molecule has 0 N–H and O–H groups in total. The highest BCUT2D eigenvalue weighted by Crippen LogP contribution is 2.55. The number of furan rings is 6. The van der Waals surface area contributed by atoms with Crippen LogP contribution in [0.25, 0.3) is 308 Å². The van der Waals surface area contributed by atoms with Crippen molar-refractivity contribution in [2.45, 2.75) is 22.2 Å². The van der Waals surface area contributed by atoms with Gasteiger partial charge in [0.2, 0.25) is 0 Å². The number of para-hydroxylation sites is 6. The zero-order valence-corrected chi connectivity index (χ0v) is 80.8. The highest BCUT2D eigenvalue weighted by Gasteiger charge is 2.29. The minimum atomic E-state index is 0.828. The van der Waals surface area contributed by atoms with E-state index >= 15 is 0 Å². The van der Waals surface area contributed by atoms with Crippen molar-refractivity contribution in [2.75, 3.05) is 0 Å². The lowest BCUT2D eigenvalue weighted by Crippen LogP contribution is -1.92. The Bertz CT molecular complexity index is 10500. The maximum Gasteiger partial charge on any atom is 0.143 e. The largest absolute Gasteiger partial charge is 0.456 e. The van der Waals surface area contributed by atoms with Gasteiger partial charge in [0.15, 0.2) is 0 Å². The molecule has 6 heterocycles. The summed E-state index contributed by atoms with van der Waals surface area (Å²) in [5.74, 6) is 0. The van der Waals surface area contributed by atoms with E-state index in [1.807, 2.05) is 60.7 Å². The summed E-state index contributed by atoms with van der Waals surface area (Å²) in [7, 11) is 3.75. The summed E-state index contributed by atoms with van der Waals surface area (Å²) in [5, 5.41) is 27.7. The van der Waals surface area contributed by atoms with E-state index in [-0.39, 0.29) is 0 Å². The predicted molar refractivity (Wildman–Crippen MR) is 623 cm³/mol. The first-order chi connectivity index (χ1) is 74.5. The van der Waals surface area contributed by atoms with Gasteiger partial charge in [0.1, 0.15) is 67.0 Å². The van der Waals surface area contributed by atoms with E-state index in [0.717, 1.165) is 148 Å². The quantitative estimate of drug-likeness (QED) is 0.127. The Labute approximate surface area is 851 Å². The van der Waals surface area contributed by atoms with Gasteiger partial charge in [0.25, 0.3) is 0 Å². The van der Waals surface area contributed by atoms with Crippen LogP contribution in [0.3, 0.4) is 0 Å². The molecular weight excluding hydrogens is 1790 g/mol. The molecule has 0 aliphatic rings. The molecule has 0 aliphatic heterocycles. The van der Waals surface area contributed by atoms with Crippen molar-refractivity contribution in [3.05, 3.63) is 497 Å². The SMILES string of the molecule is [2H]C.[2H]C.[2H]C.c1ccc(-c2ccc(-c3c4ccccc4c(-c4cccc5c4oc4ccc6oc7ccccc7c6c45)c4ccccc34)cc2)cc1.c1ccc(-c2ccc(-c3ccc(-c4c5ccccc5c(-c5cccc6c5oc5cc7oc8ccccc8c7cc56)c5ccccc45)cc3)cc2)cc1.c1ccc(-c2ccccc2-c2c3ccccc3c(-c3cccc4c3oc3ccc5oc6ccccc6c5c34)c3ccccc23)cc1. The van der Waals surface area contributed by atoms with E-state index in [0.29, 0.717) is 0 Å². The third kappa shape index (κ3) is 14.2. The van der Waals surface area contributed by atoms with Crippen LogP contribution in [0.2, 0.25) is 0 Å². The standard InChI is InChI=1S/C50H30O2.2C44H26O2.3CH4/c1-2-11-31(12-3-1)32-21-23-33(24-22-32)34-25-27-35(28-26-34)48-37-14-4-6-16-39(37)49(40-17-7-5-15-38(40)48)42-19-10-18-41-44-29-43-36-13-8-9-20-45(36)51-46(43)30-47(44)52-50(41)42;1-2-11-27(12-3-1)28-21-23-29(24-22-28)40-30-13-4-6-15-32(30)41(33-16-7-5-14-31(33)40)35-18-10-19-36-43-39(46-44(35)36)26-25-38-42(43)34-17-8-9-20-37(34)45-38;1-2-13-27(14-3-1)28-15-4-5-16-29(28)40-30-17-6-8-19-32(30)41(33-20-9-7-18-31(33)40)35-22-12-23-36-43-39(46-44(35)36)26-25-38-42(43)34-21-10-11-24-37(34)45-38;;;/h1-30H;2*1-26H;3*1H4/i;;;3*1D. The Morgan fingerprint density at radius 3 is 0.701 bits per heavy atom. The molecule has 0 saturated carbocycles. The van der Waals surface area contributed by atoms with Gasteiger partial charge in [0.05, 0.1) is 0 Å². The Kier molecular flexibility index (Phi) is 20.6. The normalized spacial score (nSPS) is 11.8. The molecule has 6 heteroatoms. The van der Waals surface area contributed by atoms with Crippen LogP contribution in [0.4, 0.5) is 0 Å². The molecule has 0 radical (unpaired) electrons. The van der Waals surface area contributed by atoms with Gasteiger partial charge < -0.3 is 26.5 Å². The molecule has 0 bridgehead atoms. The van der Waals surface area contributed by atoms with E-state index in [1.165, 1.54) is 181 Å². The van der Waals surface area contributed by atoms with Crippen molar-refractivity contribution < 1.29 is 30.6 Å². The summed E-state index contributed by atoms with van der Waals surface area (Å²) in [4.78, 5) is 0. The first-order valence-electron chi connectivity index (χ1n) is 52.1. The van der Waals surface area contributed by atoms with Crippen LogP contribution in [0, 0.1) is 0 Å². The average Bonchev–Trinajstić information content (AvgIpc) is 1.35. The zero-order valence-electron chi connectivity index (χ0n) is 83.8. The van der Waals surface area contributed by atoms with Crippen LogP contribution in [0.15, 0.2) is 524 Å². The van der Waals surface area contributed by atoms with E-state index in [1.54, 1.807) is 0 Å². The van der Waals surface area contributed by atoms with Crippen molar-refractivity contribution in [1.29, 1.82) is 0 Å². The average molecular weight is 1890 g/mol. The first-order valence-corrected chi connectivity index (χ1v) is 49.1. The van der Waals surface area contributed by atoms with Gasteiger partial charge in [-0.1, -0.05) is 465 Å². The molecule has 0 saturated heterocycles. The molecule has 0 fully saturated rings. The third-order valence-corrected chi connectivity index (χ3v) is 29.7. The fraction of sp³-hybridized carbons (Fsp3) is 0.0213. The highest BCUT2D eigenvalue weighted by molar-refractivity contribution is 6.33. The van der Waals surface area contributed by atoms with Crippen molar-refractivity contribution in [1.82, 2.24) is 0 Å². The number of fused-ring (bicyclic) bond motifs is 26. The maximum atomic E-state index is 6.81. The molecule has 6 aromatic heterocycles. The van der Waals surface area contributed by atoms with Gasteiger partial charge in [-0.05, 0) is 191 Å². The summed E-state index contributed by atoms with van der Waals surface area (Å²) < 4.78 is 56.4. The van der Waals surface area contributed by atoms with Crippen LogP contribution in [0.1, 0.15) is 26.3 Å². The summed E-state index contributed by atoms with van der Waals surface area (Å²) >= 11 is 0. The lowest BCUT2D eigenvalue weighted by molar-refractivity contribution is 0.656. The Morgan fingerprint density at radius 1 is 0.116 bits per heavy atom. The van der Waals surface area contributed by atoms with Gasteiger partial charge in [-0.3, -0.25) is 0 Å². The molecule has 31 rings (SSSR count). The second kappa shape index (κ2) is 35.8. The van der Waals surface area contributed by atoms with Gasteiger partial charge >= 0.3 is 0 Å². The molecule has 6 nitrogen and oxygen atoms in total. The third-order valence-electron chi connectivity index (χ3n) is 29.7. The minimum Gasteiger partial charge on any atom is -0.456 e. The zero-order chi connectivity index (χ0) is 101. The Balaban J connectivity index is 0.000000111. The monoisotopic (exact) mass is 1890 g/mol. The molecule has 147 heavy (non-hydrogen) atoms. The van der Waals surface area contributed by atoms with Crippen LogP contribution >= 0.6 is 0 Å². The Morgan fingerprint density at radius 2 is 0.333 bits per heavy atom. The van der Waals surface area contributed by atoms with Crippen molar-refractivity contribution in [3.8, 4) is 111 Å². The van der Waals surface area contributed by atoms with Gasteiger partial charge in [-0.25, -0.2) is 0 Å². The topological polar surface area (TPSA) is 78.8 Å². The lowest BCUT2D eigenvalue weighted by atomic mass is 9.83. The second-order valence-electron chi connectivity index (χ2n) is 37.5. The fourth-order valence-electron chi connectivity index (χ4n) is 23.3. The van der Waals surface area contributed by atoms with Gasteiger partial charge in [-0.2, -0.15) is 0 Å². The molecule has 31 aromatic rings. The Hall–Kier alpha value is -19.1. The summed E-state index contributed by atoms with van der Waals surface area (Å²) in [5.41, 5.74) is 34.4. The molecule has 0 aliphatic carbocycles. The lowest BCUT2D eigenvalue weighted by Gasteiger charge is -2.19. The summed E-state index contributed by atoms with van der Waals surface area (Å²) in [6.45, 7) is 0. The second-order valence-corrected chi connectivity index (χ2v) is 37.5. The maximum absolute atomic E-state index is 6.81. The number of benzene rings is 25. The van der Waals surface area contributed by atoms with Crippen molar-refractivity contribution in [3.63, 3.8) is 0 Å². The minimum absolute atomic E-state index is 0.828. The van der Waals surface area contributed by atoms with E-state index in [2.05, 4.69) is 437 Å². The molecule has 0 atom stereocenters. The van der Waals surface area contributed by atoms with Crippen molar-refractivity contribution >= 4 is 196 Å². The van der Waals surface area contributed by atoms with Crippen LogP contribution < -0.4 is 0 Å². The number of hydrogen-bond acceptors (Lipinski definition) is 6. The molecule has 694 valence electrons. The predicted octanol–water partition coefficient (Wildman–Crippen LogP) is 42.0. The first kappa shape index (κ1) is 84.7. The molecule has 0 spiro atoms. The highest BCUT2D eigenvalue weighted by atomic mass is 16.4. The summed E-state index contributed by atoms with van der Waals surface area (Å²) in [6, 6.07) is 177. The van der Waals surface area contributed by atoms with Gasteiger partial charge in [0, 0.05) is 108 Å². The van der Waals surface area contributed by atoms with E-state index in [4.69, 9.17) is 30.6 Å². The number of rotatable bonds is 10.